The summed E-state index contributed by atoms with van der Waals surface area (Å²) in [5, 5.41) is 16.9. The van der Waals surface area contributed by atoms with Gasteiger partial charge in [0.1, 0.15) is 11.5 Å². The van der Waals surface area contributed by atoms with Crippen LogP contribution >= 0.6 is 0 Å². The van der Waals surface area contributed by atoms with Crippen molar-refractivity contribution in [2.75, 3.05) is 18.5 Å². The number of hydrogen-bond donors (Lipinski definition) is 2. The maximum Gasteiger partial charge on any atom is 0.137 e. The van der Waals surface area contributed by atoms with Gasteiger partial charge < -0.3 is 10.1 Å². The van der Waals surface area contributed by atoms with Crippen molar-refractivity contribution in [1.29, 1.82) is 0 Å². The van der Waals surface area contributed by atoms with E-state index in [1.54, 1.807) is 0 Å². The van der Waals surface area contributed by atoms with Crippen LogP contribution in [0.25, 0.3) is 22.2 Å². The number of aromatic amines is 1. The number of pyridine rings is 1. The number of fused-ring (bicyclic) bond motifs is 1. The summed E-state index contributed by atoms with van der Waals surface area (Å²) in [5.74, 6) is 1.68. The molecule has 0 spiro atoms. The molecule has 136 valence electrons. The van der Waals surface area contributed by atoms with E-state index in [1.165, 1.54) is 19.3 Å². The predicted octanol–water partition coefficient (Wildman–Crippen LogP) is 3.21. The predicted molar refractivity (Wildman–Crippen MR) is 99.9 cm³/mol. The highest BCUT2D eigenvalue weighted by atomic mass is 16.5. The van der Waals surface area contributed by atoms with E-state index in [0.29, 0.717) is 6.04 Å². The van der Waals surface area contributed by atoms with Crippen LogP contribution in [0.5, 0.6) is 0 Å². The van der Waals surface area contributed by atoms with Gasteiger partial charge >= 0.3 is 0 Å². The van der Waals surface area contributed by atoms with Crippen molar-refractivity contribution in [1.82, 2.24) is 25.0 Å². The van der Waals surface area contributed by atoms with Crippen molar-refractivity contribution < 1.29 is 4.74 Å². The lowest BCUT2D eigenvalue weighted by Crippen LogP contribution is -2.28. The van der Waals surface area contributed by atoms with Crippen LogP contribution in [-0.4, -0.2) is 44.2 Å². The van der Waals surface area contributed by atoms with E-state index in [2.05, 4.69) is 36.5 Å². The van der Waals surface area contributed by atoms with E-state index in [-0.39, 0.29) is 0 Å². The zero-order chi connectivity index (χ0) is 17.3. The Bertz CT molecular complexity index is 890. The second-order valence-electron chi connectivity index (χ2n) is 7.43. The summed E-state index contributed by atoms with van der Waals surface area (Å²) in [5.41, 5.74) is 2.96. The van der Waals surface area contributed by atoms with Crippen LogP contribution in [0.4, 0.5) is 5.82 Å². The second kappa shape index (κ2) is 6.72. The summed E-state index contributed by atoms with van der Waals surface area (Å²) in [7, 11) is 0. The molecule has 1 aliphatic carbocycles. The van der Waals surface area contributed by atoms with Crippen molar-refractivity contribution in [2.24, 2.45) is 5.92 Å². The van der Waals surface area contributed by atoms with E-state index >= 15 is 0 Å². The van der Waals surface area contributed by atoms with E-state index in [4.69, 9.17) is 4.74 Å². The van der Waals surface area contributed by atoms with Crippen LogP contribution < -0.4 is 5.32 Å². The minimum absolute atomic E-state index is 0.394. The highest BCUT2D eigenvalue weighted by Gasteiger charge is 2.21. The van der Waals surface area contributed by atoms with Gasteiger partial charge in [0.15, 0.2) is 0 Å². The summed E-state index contributed by atoms with van der Waals surface area (Å²) in [6.45, 7) is 2.62. The third-order valence-corrected chi connectivity index (χ3v) is 5.61. The summed E-state index contributed by atoms with van der Waals surface area (Å²) in [6, 6.07) is 2.37. The number of ether oxygens (including phenoxy) is 1. The van der Waals surface area contributed by atoms with Crippen LogP contribution in [0.2, 0.25) is 0 Å². The Kier molecular flexibility index (Phi) is 4.09. The minimum Gasteiger partial charge on any atom is -0.381 e. The first-order valence-corrected chi connectivity index (χ1v) is 9.57. The van der Waals surface area contributed by atoms with Crippen LogP contribution in [0, 0.1) is 5.92 Å². The molecule has 7 heteroatoms. The van der Waals surface area contributed by atoms with Crippen molar-refractivity contribution in [3.63, 3.8) is 0 Å². The Morgan fingerprint density at radius 1 is 1.23 bits per heavy atom. The molecule has 1 saturated heterocycles. The molecule has 0 atom stereocenters. The van der Waals surface area contributed by atoms with E-state index < -0.39 is 0 Å². The van der Waals surface area contributed by atoms with Gasteiger partial charge in [-0.05, 0) is 37.7 Å². The Labute approximate surface area is 152 Å². The molecule has 2 aliphatic rings. The molecular formula is C19H24N6O. The van der Waals surface area contributed by atoms with Gasteiger partial charge in [-0.1, -0.05) is 6.42 Å². The fourth-order valence-corrected chi connectivity index (χ4v) is 3.85. The Hall–Kier alpha value is -2.41. The molecular weight excluding hydrogens is 328 g/mol. The van der Waals surface area contributed by atoms with Gasteiger partial charge in [-0.2, -0.15) is 10.2 Å². The van der Waals surface area contributed by atoms with Gasteiger partial charge in [-0.3, -0.25) is 9.78 Å². The molecule has 0 radical (unpaired) electrons. The van der Waals surface area contributed by atoms with E-state index in [9.17, 15) is 0 Å². The summed E-state index contributed by atoms with van der Waals surface area (Å²) < 4.78 is 7.52. The number of aromatic nitrogens is 5. The van der Waals surface area contributed by atoms with Gasteiger partial charge in [-0.25, -0.2) is 4.98 Å². The van der Waals surface area contributed by atoms with Gasteiger partial charge in [0.25, 0.3) is 0 Å². The molecule has 1 saturated carbocycles. The Morgan fingerprint density at radius 3 is 2.92 bits per heavy atom. The molecule has 2 N–H and O–H groups in total. The maximum atomic E-state index is 5.46. The average molecular weight is 352 g/mol. The minimum atomic E-state index is 0.394. The summed E-state index contributed by atoms with van der Waals surface area (Å²) in [4.78, 5) is 4.60. The molecule has 3 aromatic rings. The fourth-order valence-electron chi connectivity index (χ4n) is 3.85. The highest BCUT2D eigenvalue weighted by Crippen LogP contribution is 2.32. The monoisotopic (exact) mass is 352 g/mol. The SMILES string of the molecule is c1cc2[nH]nc(-c3cnn(CC4CCC4)c3)c2c(NC2CCOCC2)n1. The smallest absolute Gasteiger partial charge is 0.137 e. The third kappa shape index (κ3) is 2.96. The average Bonchev–Trinajstić information content (AvgIpc) is 3.26. The van der Waals surface area contributed by atoms with E-state index in [1.807, 2.05) is 18.5 Å². The molecule has 7 nitrogen and oxygen atoms in total. The first kappa shape index (κ1) is 15.8. The molecule has 2 fully saturated rings. The van der Waals surface area contributed by atoms with E-state index in [0.717, 1.165) is 66.5 Å². The number of nitrogens with one attached hydrogen (secondary N) is 2. The molecule has 4 heterocycles. The number of rotatable bonds is 5. The highest BCUT2D eigenvalue weighted by molar-refractivity contribution is 6.00. The molecule has 5 rings (SSSR count). The second-order valence-corrected chi connectivity index (χ2v) is 7.43. The van der Waals surface area contributed by atoms with Crippen LogP contribution in [0.3, 0.4) is 0 Å². The molecule has 0 amide bonds. The van der Waals surface area contributed by atoms with Gasteiger partial charge in [0.05, 0.1) is 17.1 Å². The zero-order valence-electron chi connectivity index (χ0n) is 14.8. The number of H-pyrrole nitrogens is 1. The Morgan fingerprint density at radius 2 is 2.12 bits per heavy atom. The largest absolute Gasteiger partial charge is 0.381 e. The van der Waals surface area contributed by atoms with Crippen molar-refractivity contribution >= 4 is 16.7 Å². The zero-order valence-corrected chi connectivity index (χ0v) is 14.8. The lowest BCUT2D eigenvalue weighted by molar-refractivity contribution is 0.0904. The summed E-state index contributed by atoms with van der Waals surface area (Å²) in [6.07, 6.45) is 11.9. The number of hydrogen-bond acceptors (Lipinski definition) is 5. The fraction of sp³-hybridized carbons (Fsp3) is 0.526. The first-order chi connectivity index (χ1) is 12.9. The van der Waals surface area contributed by atoms with Crippen LogP contribution in [0.15, 0.2) is 24.7 Å². The molecule has 3 aromatic heterocycles. The maximum absolute atomic E-state index is 5.46. The summed E-state index contributed by atoms with van der Waals surface area (Å²) >= 11 is 0. The number of anilines is 1. The standard InChI is InChI=1S/C19H24N6O/c1-2-13(3-1)11-25-12-14(10-21-25)18-17-16(23-24-18)4-7-20-19(17)22-15-5-8-26-9-6-15/h4,7,10,12-13,15H,1-3,5-6,8-9,11H2,(H,20,22)(H,23,24). The molecule has 26 heavy (non-hydrogen) atoms. The topological polar surface area (TPSA) is 80.7 Å². The van der Waals surface area contributed by atoms with Crippen LogP contribution in [0.1, 0.15) is 32.1 Å². The van der Waals surface area contributed by atoms with Crippen molar-refractivity contribution in [3.8, 4) is 11.3 Å². The normalized spacial score (nSPS) is 18.9. The molecule has 0 unspecified atom stereocenters. The van der Waals surface area contributed by atoms with Crippen molar-refractivity contribution in [2.45, 2.75) is 44.7 Å². The third-order valence-electron chi connectivity index (χ3n) is 5.61. The number of nitrogens with zero attached hydrogens (tertiary/aromatic N) is 4. The lowest BCUT2D eigenvalue weighted by Gasteiger charge is -2.24. The van der Waals surface area contributed by atoms with Gasteiger partial charge in [0.2, 0.25) is 0 Å². The van der Waals surface area contributed by atoms with Gasteiger partial charge in [-0.15, -0.1) is 0 Å². The molecule has 1 aliphatic heterocycles. The van der Waals surface area contributed by atoms with Crippen LogP contribution in [-0.2, 0) is 11.3 Å². The Balaban J connectivity index is 1.45. The first-order valence-electron chi connectivity index (χ1n) is 9.57. The molecule has 0 bridgehead atoms. The van der Waals surface area contributed by atoms with Crippen molar-refractivity contribution in [3.05, 3.63) is 24.7 Å². The molecule has 0 aromatic carbocycles. The van der Waals surface area contributed by atoms with Gasteiger partial charge in [0, 0.05) is 43.8 Å². The lowest BCUT2D eigenvalue weighted by atomic mass is 9.85. The quantitative estimate of drug-likeness (QED) is 0.737.